The molecule has 5 rings (SSSR count). The van der Waals surface area contributed by atoms with Crippen molar-refractivity contribution >= 4 is 51.4 Å². The summed E-state index contributed by atoms with van der Waals surface area (Å²) in [6, 6.07) is 15.2. The lowest BCUT2D eigenvalue weighted by Crippen LogP contribution is -2.24. The molecule has 0 saturated heterocycles. The predicted octanol–water partition coefficient (Wildman–Crippen LogP) is 11.0. The van der Waals surface area contributed by atoms with E-state index in [4.69, 9.17) is 9.98 Å². The number of hydrogen-bond acceptors (Lipinski definition) is 2. The lowest BCUT2D eigenvalue weighted by atomic mass is 9.96. The summed E-state index contributed by atoms with van der Waals surface area (Å²) in [6.07, 6.45) is 12.8. The number of aryl methyl sites for hydroxylation is 9. The third kappa shape index (κ3) is 8.84. The first-order valence-electron chi connectivity index (χ1n) is 17.7. The maximum atomic E-state index is 5.91. The third-order valence-corrected chi connectivity index (χ3v) is 16.9. The van der Waals surface area contributed by atoms with E-state index in [1.165, 1.54) is 141 Å². The van der Waals surface area contributed by atoms with Gasteiger partial charge in [0.05, 0.1) is 22.5 Å². The Labute approximate surface area is 285 Å². The number of rotatable bonds is 9. The Morgan fingerprint density at radius 3 is 1.11 bits per heavy atom. The molecule has 0 spiro atoms. The van der Waals surface area contributed by atoms with Gasteiger partial charge in [0.2, 0.25) is 0 Å². The Kier molecular flexibility index (Phi) is 12.5. The molecule has 2 aliphatic rings. The first-order chi connectivity index (χ1) is 22.0. The maximum absolute atomic E-state index is 5.91. The van der Waals surface area contributed by atoms with Gasteiger partial charge in [-0.15, -0.1) is 0 Å². The average Bonchev–Trinajstić information content (AvgIpc) is 2.98. The van der Waals surface area contributed by atoms with Gasteiger partial charge in [0, 0.05) is 7.92 Å². The molecule has 3 aromatic carbocycles. The van der Waals surface area contributed by atoms with Gasteiger partial charge < -0.3 is 0 Å². The van der Waals surface area contributed by atoms with Crippen LogP contribution < -0.4 is 15.9 Å². The highest BCUT2D eigenvalue weighted by Gasteiger charge is 2.31. The Hall–Kier alpha value is -1.71. The van der Waals surface area contributed by atoms with Crippen LogP contribution in [0, 0.1) is 62.3 Å². The molecule has 0 amide bonds. The van der Waals surface area contributed by atoms with Crippen molar-refractivity contribution < 1.29 is 0 Å². The van der Waals surface area contributed by atoms with Crippen molar-refractivity contribution in [2.24, 2.45) is 9.98 Å². The van der Waals surface area contributed by atoms with Crippen molar-refractivity contribution in [3.63, 3.8) is 0 Å². The largest absolute Gasteiger partial charge is 0.281 e. The number of aliphatic imine (C=N–C) groups is 2. The highest BCUT2D eigenvalue weighted by Crippen LogP contribution is 2.53. The van der Waals surface area contributed by atoms with E-state index < -0.39 is 7.92 Å². The fourth-order valence-corrected chi connectivity index (χ4v) is 15.1. The lowest BCUT2D eigenvalue weighted by molar-refractivity contribution is 0.444. The topological polar surface area (TPSA) is 24.7 Å². The van der Waals surface area contributed by atoms with E-state index >= 15 is 0 Å². The monoisotopic (exact) mass is 670 g/mol. The molecule has 2 nitrogen and oxygen atoms in total. The average molecular weight is 671 g/mol. The van der Waals surface area contributed by atoms with Crippen molar-refractivity contribution in [1.82, 2.24) is 0 Å². The van der Waals surface area contributed by atoms with Gasteiger partial charge in [0.15, 0.2) is 0 Å². The van der Waals surface area contributed by atoms with Crippen LogP contribution in [-0.2, 0) is 0 Å². The van der Waals surface area contributed by atoms with E-state index in [-0.39, 0.29) is 0 Å². The summed E-state index contributed by atoms with van der Waals surface area (Å²) in [7, 11) is 0.267. The van der Waals surface area contributed by atoms with E-state index in [1.807, 2.05) is 0 Å². The quantitative estimate of drug-likeness (QED) is 0.160. The molecule has 0 N–H and O–H groups in total. The van der Waals surface area contributed by atoms with Crippen molar-refractivity contribution in [3.05, 3.63) is 86.5 Å². The number of benzene rings is 3. The van der Waals surface area contributed by atoms with E-state index in [1.54, 1.807) is 0 Å². The van der Waals surface area contributed by atoms with Crippen LogP contribution in [0.25, 0.3) is 0 Å². The van der Waals surface area contributed by atoms with Crippen molar-refractivity contribution in [2.75, 3.05) is 0 Å². The van der Waals surface area contributed by atoms with Crippen LogP contribution in [0.1, 0.15) is 114 Å². The Balaban J connectivity index is 1.77. The zero-order chi connectivity index (χ0) is 33.0. The van der Waals surface area contributed by atoms with Crippen LogP contribution in [0.4, 0.5) is 0 Å². The van der Waals surface area contributed by atoms with Crippen LogP contribution in [-0.4, -0.2) is 22.5 Å². The molecule has 0 bridgehead atoms. The van der Waals surface area contributed by atoms with E-state index in [9.17, 15) is 0 Å². The smallest absolute Gasteiger partial charge is 0.0700 e. The number of nitrogens with zero attached hydrogens (tertiary/aromatic N) is 2. The van der Waals surface area contributed by atoms with Gasteiger partial charge in [-0.3, -0.25) is 9.98 Å². The minimum Gasteiger partial charge on any atom is -0.281 e. The first-order valence-corrected chi connectivity index (χ1v) is 21.1. The Morgan fingerprint density at radius 2 is 0.783 bits per heavy atom. The summed E-state index contributed by atoms with van der Waals surface area (Å²) in [5.41, 5.74) is 12.6. The Bertz CT molecular complexity index is 1450. The van der Waals surface area contributed by atoms with Gasteiger partial charge in [-0.1, -0.05) is 91.6 Å². The van der Waals surface area contributed by atoms with Crippen LogP contribution >= 0.6 is 25.1 Å². The molecular weight excluding hydrogens is 613 g/mol. The summed E-state index contributed by atoms with van der Waals surface area (Å²) in [4.78, 5) is 11.8. The molecule has 2 aliphatic carbocycles. The van der Waals surface area contributed by atoms with Crippen molar-refractivity contribution in [2.45, 2.75) is 139 Å². The lowest BCUT2D eigenvalue weighted by Gasteiger charge is -2.31. The van der Waals surface area contributed by atoms with Gasteiger partial charge in [-0.05, 0) is 154 Å². The summed E-state index contributed by atoms with van der Waals surface area (Å²) < 4.78 is 0. The standard InChI is InChI=1S/C41H57N2P3/c1-26-20-29(4)37(30(5)21-26)44-40(42-35-16-12-10-13-17-35)46(39-33(8)24-28(3)25-34(39)9)41(43-36-18-14-11-15-19-36)45-38-31(6)22-27(2)23-32(38)7/h20-25,35-36,44-45H,10-19H2,1-9H3. The maximum Gasteiger partial charge on any atom is 0.0700 e. The summed E-state index contributed by atoms with van der Waals surface area (Å²) in [5, 5.41) is 7.40. The molecule has 5 heteroatoms. The third-order valence-electron chi connectivity index (χ3n) is 9.87. The SMILES string of the molecule is Cc1cc(C)c(PC(=NC2CCCCC2)P(C(=NC2CCCCC2)Pc2c(C)cc(C)cc2C)c2c(C)cc(C)cc2C)c(C)c1. The molecule has 0 radical (unpaired) electrons. The second-order valence-corrected chi connectivity index (χ2v) is 19.6. The number of hydrogen-bond donors (Lipinski definition) is 0. The van der Waals surface area contributed by atoms with Gasteiger partial charge in [0.25, 0.3) is 0 Å². The van der Waals surface area contributed by atoms with Gasteiger partial charge in [-0.25, -0.2) is 0 Å². The van der Waals surface area contributed by atoms with Crippen LogP contribution in [0.3, 0.4) is 0 Å². The highest BCUT2D eigenvalue weighted by atomic mass is 31.2. The van der Waals surface area contributed by atoms with E-state index in [0.29, 0.717) is 29.2 Å². The van der Waals surface area contributed by atoms with E-state index in [2.05, 4.69) is 98.7 Å². The molecule has 2 fully saturated rings. The van der Waals surface area contributed by atoms with Crippen molar-refractivity contribution in [1.29, 1.82) is 0 Å². The summed E-state index contributed by atoms with van der Waals surface area (Å²) >= 11 is 0. The molecule has 2 unspecified atom stereocenters. The molecule has 46 heavy (non-hydrogen) atoms. The second kappa shape index (κ2) is 16.1. The van der Waals surface area contributed by atoms with Crippen LogP contribution in [0.15, 0.2) is 46.4 Å². The minimum atomic E-state index is -0.874. The molecule has 3 aromatic rings. The summed E-state index contributed by atoms with van der Waals surface area (Å²) in [6.45, 7) is 20.7. The predicted molar refractivity (Wildman–Crippen MR) is 213 cm³/mol. The fourth-order valence-electron chi connectivity index (χ4n) is 7.87. The van der Waals surface area contributed by atoms with Crippen LogP contribution in [0.5, 0.6) is 0 Å². The fraction of sp³-hybridized carbons (Fsp3) is 0.512. The second-order valence-electron chi connectivity index (χ2n) is 14.4. The minimum absolute atomic E-state index is 0.431. The molecule has 246 valence electrons. The zero-order valence-corrected chi connectivity index (χ0v) is 32.9. The van der Waals surface area contributed by atoms with Gasteiger partial charge in [0.1, 0.15) is 0 Å². The molecule has 0 aliphatic heterocycles. The zero-order valence-electron chi connectivity index (χ0n) is 30.0. The summed E-state index contributed by atoms with van der Waals surface area (Å²) in [5.74, 6) is 0. The molecule has 2 saturated carbocycles. The molecule has 2 atom stereocenters. The van der Waals surface area contributed by atoms with Gasteiger partial charge >= 0.3 is 0 Å². The van der Waals surface area contributed by atoms with Crippen molar-refractivity contribution in [3.8, 4) is 0 Å². The van der Waals surface area contributed by atoms with E-state index in [0.717, 1.165) is 0 Å². The molecule has 0 heterocycles. The normalized spacial score (nSPS) is 18.4. The first kappa shape index (κ1) is 35.6. The van der Waals surface area contributed by atoms with Gasteiger partial charge in [-0.2, -0.15) is 0 Å². The van der Waals surface area contributed by atoms with Crippen LogP contribution in [0.2, 0.25) is 0 Å². The molecule has 0 aromatic heterocycles. The Morgan fingerprint density at radius 1 is 0.478 bits per heavy atom. The highest BCUT2D eigenvalue weighted by molar-refractivity contribution is 8.17. The molecular formula is C41H57N2P3.